The topological polar surface area (TPSA) is 92.8 Å². The van der Waals surface area contributed by atoms with Crippen molar-refractivity contribution < 1.29 is 14.7 Å². The van der Waals surface area contributed by atoms with E-state index in [1.165, 1.54) is 48.5 Å². The van der Waals surface area contributed by atoms with Crippen LogP contribution >= 0.6 is 0 Å². The zero-order chi connectivity index (χ0) is 34.8. The van der Waals surface area contributed by atoms with Gasteiger partial charge in [0.05, 0.1) is 17.7 Å². The molecule has 0 heterocycles. The van der Waals surface area contributed by atoms with Crippen molar-refractivity contribution in [3.63, 3.8) is 0 Å². The molecule has 3 N–H and O–H groups in total. The predicted octanol–water partition coefficient (Wildman–Crippen LogP) is 10.2. The Morgan fingerprint density at radius 1 is 1.18 bits per heavy atom. The molecule has 1 aliphatic rings. The van der Waals surface area contributed by atoms with Gasteiger partial charge in [0.15, 0.2) is 0 Å². The lowest BCUT2D eigenvalue weighted by molar-refractivity contribution is -0.136. The summed E-state index contributed by atoms with van der Waals surface area (Å²) in [4.78, 5) is 24.8. The molecule has 1 fully saturated rings. The van der Waals surface area contributed by atoms with Crippen LogP contribution in [0.1, 0.15) is 118 Å². The molecule has 0 amide bonds. The molecule has 1 aromatic carbocycles. The smallest absolute Gasteiger partial charge is 0.304 e. The van der Waals surface area contributed by atoms with E-state index in [0.717, 1.165) is 42.2 Å². The van der Waals surface area contributed by atoms with Crippen molar-refractivity contribution >= 4 is 18.0 Å². The predicted molar refractivity (Wildman–Crippen MR) is 196 cm³/mol. The Balaban J connectivity index is 0. The number of hydrogen-bond donors (Lipinski definition) is 2. The van der Waals surface area contributed by atoms with Gasteiger partial charge in [-0.15, -0.1) is 5.73 Å². The molecule has 0 spiro atoms. The number of carboxylic acid groups (broad SMARTS) is 1. The van der Waals surface area contributed by atoms with E-state index >= 15 is 0 Å². The number of hydrogen-bond acceptors (Lipinski definition) is 4. The number of benzene rings is 1. The van der Waals surface area contributed by atoms with Gasteiger partial charge in [-0.05, 0) is 94.8 Å². The normalized spacial score (nSPS) is 18.9. The van der Waals surface area contributed by atoms with Crippen LogP contribution in [0.2, 0.25) is 0 Å². The van der Waals surface area contributed by atoms with Crippen molar-refractivity contribution in [1.82, 2.24) is 0 Å². The van der Waals surface area contributed by atoms with Gasteiger partial charge in [0, 0.05) is 17.7 Å². The van der Waals surface area contributed by atoms with E-state index < -0.39 is 5.97 Å². The van der Waals surface area contributed by atoms with Gasteiger partial charge in [0.25, 0.3) is 0 Å². The van der Waals surface area contributed by atoms with E-state index in [1.54, 1.807) is 6.08 Å². The first kappa shape index (κ1) is 43.9. The van der Waals surface area contributed by atoms with E-state index in [0.29, 0.717) is 5.92 Å². The molecule has 1 aliphatic carbocycles. The Bertz CT molecular complexity index is 1140. The highest BCUT2D eigenvalue weighted by atomic mass is 16.4. The van der Waals surface area contributed by atoms with Crippen LogP contribution < -0.4 is 5.73 Å². The summed E-state index contributed by atoms with van der Waals surface area (Å²) in [6.45, 7) is 25.8. The molecule has 1 aromatic rings. The lowest BCUT2D eigenvalue weighted by Crippen LogP contribution is -2.32. The van der Waals surface area contributed by atoms with Gasteiger partial charge in [0.2, 0.25) is 0 Å². The van der Waals surface area contributed by atoms with Crippen LogP contribution in [0.15, 0.2) is 83.1 Å². The largest absolute Gasteiger partial charge is 0.481 e. The van der Waals surface area contributed by atoms with Crippen LogP contribution in [0.3, 0.4) is 0 Å². The Hall–Kier alpha value is -3.27. The number of aryl methyl sites for hydroxylation is 1. The summed E-state index contributed by atoms with van der Waals surface area (Å²) in [5.74, 6) is 1.36. The fourth-order valence-corrected chi connectivity index (χ4v) is 4.76. The van der Waals surface area contributed by atoms with Gasteiger partial charge in [-0.2, -0.15) is 0 Å². The number of carbonyl (C=O) groups is 2. The first-order valence-electron chi connectivity index (χ1n) is 16.8. The second-order valence-corrected chi connectivity index (χ2v) is 12.0. The molecule has 5 heteroatoms. The SMILES string of the molecule is C=C=C(C)C(=NC1(C)CCC(C(C)C)CC1)c1cccc(C)c1.CC.CC\C=C/C(=C\C=C\C=O)C(C)CC.NCCC(=O)O. The minimum absolute atomic E-state index is 0.0442. The zero-order valence-electron chi connectivity index (χ0n) is 30.2. The summed E-state index contributed by atoms with van der Waals surface area (Å²) in [5.41, 5.74) is 13.8. The van der Waals surface area contributed by atoms with Crippen molar-refractivity contribution in [2.24, 2.45) is 28.5 Å². The van der Waals surface area contributed by atoms with Crippen LogP contribution in [0.4, 0.5) is 0 Å². The van der Waals surface area contributed by atoms with Gasteiger partial charge < -0.3 is 10.8 Å². The lowest BCUT2D eigenvalue weighted by Gasteiger charge is -2.36. The van der Waals surface area contributed by atoms with E-state index in [2.05, 4.69) is 104 Å². The number of rotatable bonds is 12. The Labute approximate surface area is 276 Å². The molecule has 0 saturated heterocycles. The molecule has 2 rings (SSSR count). The molecule has 0 aromatic heterocycles. The Morgan fingerprint density at radius 3 is 2.22 bits per heavy atom. The highest BCUT2D eigenvalue weighted by Gasteiger charge is 2.32. The Kier molecular flexibility index (Phi) is 25.3. The third-order valence-electron chi connectivity index (χ3n) is 7.91. The highest BCUT2D eigenvalue weighted by molar-refractivity contribution is 6.12. The molecule has 252 valence electrons. The average molecular weight is 621 g/mol. The number of nitrogens with two attached hydrogens (primary N) is 1. The summed E-state index contributed by atoms with van der Waals surface area (Å²) in [7, 11) is 0. The number of aliphatic imine (C=N–C) groups is 1. The second-order valence-electron chi connectivity index (χ2n) is 12.0. The minimum Gasteiger partial charge on any atom is -0.481 e. The van der Waals surface area contributed by atoms with Crippen molar-refractivity contribution in [2.45, 2.75) is 120 Å². The molecule has 1 saturated carbocycles. The second kappa shape index (κ2) is 26.0. The zero-order valence-corrected chi connectivity index (χ0v) is 30.2. The summed E-state index contributed by atoms with van der Waals surface area (Å²) in [6, 6.07) is 8.59. The summed E-state index contributed by atoms with van der Waals surface area (Å²) < 4.78 is 0. The van der Waals surface area contributed by atoms with Gasteiger partial charge >= 0.3 is 5.97 Å². The fourth-order valence-electron chi connectivity index (χ4n) is 4.76. The maximum atomic E-state index is 10.1. The highest BCUT2D eigenvalue weighted by Crippen LogP contribution is 2.38. The molecule has 5 nitrogen and oxygen atoms in total. The first-order valence-corrected chi connectivity index (χ1v) is 16.8. The molecular formula is C40H64N2O3. The standard InChI is InChI=1S/C22H31N.C13H20O.C3H7NO2.C2H6/c1-7-18(5)21(20-10-8-9-17(4)15-20)23-22(6)13-11-19(12-14-22)16(2)3;1-4-6-9-13(12(3)5-2)10-7-8-11-14;4-2-1-3(5)6;1-2/h8-10,15-16,19H,1,11-14H2,2-6H3;6-12H,4-5H2,1-3H3;1-2,4H2,(H,5,6);1-2H3/b;8-7+,9-6-,13-10+;;. The Morgan fingerprint density at radius 2 is 1.80 bits per heavy atom. The molecule has 0 radical (unpaired) electrons. The maximum absolute atomic E-state index is 10.1. The number of carbonyl (C=O) groups excluding carboxylic acids is 1. The number of aliphatic carboxylic acids is 1. The summed E-state index contributed by atoms with van der Waals surface area (Å²) >= 11 is 0. The lowest BCUT2D eigenvalue weighted by atomic mass is 9.74. The molecular weight excluding hydrogens is 556 g/mol. The van der Waals surface area contributed by atoms with Crippen molar-refractivity contribution in [2.75, 3.05) is 6.54 Å². The van der Waals surface area contributed by atoms with Gasteiger partial charge in [0.1, 0.15) is 6.29 Å². The fraction of sp³-hybridized carbons (Fsp3) is 0.550. The monoisotopic (exact) mass is 620 g/mol. The van der Waals surface area contributed by atoms with E-state index in [4.69, 9.17) is 15.8 Å². The number of allylic oxidation sites excluding steroid dienone is 7. The van der Waals surface area contributed by atoms with E-state index in [-0.39, 0.29) is 18.5 Å². The number of carboxylic acids is 1. The summed E-state index contributed by atoms with van der Waals surface area (Å²) in [5, 5.41) is 7.83. The maximum Gasteiger partial charge on any atom is 0.304 e. The molecule has 0 aliphatic heterocycles. The van der Waals surface area contributed by atoms with Gasteiger partial charge in [-0.1, -0.05) is 103 Å². The molecule has 1 atom stereocenters. The first-order chi connectivity index (χ1) is 21.4. The molecule has 0 bridgehead atoms. The number of nitrogens with zero attached hydrogens (tertiary/aromatic N) is 1. The van der Waals surface area contributed by atoms with Crippen LogP contribution in [-0.4, -0.2) is 35.2 Å². The van der Waals surface area contributed by atoms with Gasteiger partial charge in [-0.25, -0.2) is 0 Å². The molecule has 1 unspecified atom stereocenters. The van der Waals surface area contributed by atoms with Crippen molar-refractivity contribution in [3.8, 4) is 0 Å². The third kappa shape index (κ3) is 19.7. The van der Waals surface area contributed by atoms with Crippen molar-refractivity contribution in [1.29, 1.82) is 0 Å². The quantitative estimate of drug-likeness (QED) is 0.0799. The number of aldehydes is 1. The third-order valence-corrected chi connectivity index (χ3v) is 7.91. The average Bonchev–Trinajstić information content (AvgIpc) is 3.02. The van der Waals surface area contributed by atoms with Crippen LogP contribution in [0.25, 0.3) is 0 Å². The summed E-state index contributed by atoms with van der Waals surface area (Å²) in [6.07, 6.45) is 17.6. The van der Waals surface area contributed by atoms with Crippen LogP contribution in [0, 0.1) is 24.7 Å². The van der Waals surface area contributed by atoms with E-state index in [9.17, 15) is 9.59 Å². The minimum atomic E-state index is -0.836. The molecule has 45 heavy (non-hydrogen) atoms. The van der Waals surface area contributed by atoms with Crippen LogP contribution in [-0.2, 0) is 9.59 Å². The van der Waals surface area contributed by atoms with Crippen LogP contribution in [0.5, 0.6) is 0 Å². The van der Waals surface area contributed by atoms with Crippen molar-refractivity contribution in [3.05, 3.63) is 89.2 Å². The van der Waals surface area contributed by atoms with Gasteiger partial charge in [-0.3, -0.25) is 14.6 Å². The van der Waals surface area contributed by atoms with E-state index in [1.807, 2.05) is 19.9 Å².